The number of aromatic nitrogens is 2. The van der Waals surface area contributed by atoms with Crippen LogP contribution in [0.3, 0.4) is 0 Å². The molecule has 0 saturated carbocycles. The summed E-state index contributed by atoms with van der Waals surface area (Å²) < 4.78 is 16.1. The second kappa shape index (κ2) is 5.46. The molecular formula is C11H19N3O3. The van der Waals surface area contributed by atoms with Gasteiger partial charge in [0.05, 0.1) is 0 Å². The van der Waals surface area contributed by atoms with E-state index in [4.69, 9.17) is 14.0 Å². The zero-order valence-electron chi connectivity index (χ0n) is 10.4. The molecule has 1 N–H and O–H groups in total. The molecule has 0 unspecified atom stereocenters. The number of rotatable bonds is 5. The van der Waals surface area contributed by atoms with Crippen molar-refractivity contribution in [1.29, 1.82) is 0 Å². The van der Waals surface area contributed by atoms with Crippen molar-refractivity contribution in [3.05, 3.63) is 5.82 Å². The maximum atomic E-state index is 5.59. The van der Waals surface area contributed by atoms with Gasteiger partial charge in [-0.15, -0.1) is 0 Å². The molecule has 2 heterocycles. The van der Waals surface area contributed by atoms with Crippen LogP contribution < -0.4 is 5.32 Å². The molecule has 17 heavy (non-hydrogen) atoms. The minimum atomic E-state index is -0.451. The van der Waals surface area contributed by atoms with E-state index in [1.54, 1.807) is 7.11 Å². The van der Waals surface area contributed by atoms with Crippen molar-refractivity contribution in [2.45, 2.75) is 31.8 Å². The van der Waals surface area contributed by atoms with Crippen LogP contribution in [0.1, 0.15) is 32.0 Å². The number of methoxy groups -OCH3 is 1. The third-order valence-electron chi connectivity index (χ3n) is 3.05. The van der Waals surface area contributed by atoms with Crippen molar-refractivity contribution in [3.8, 4) is 0 Å². The molecule has 1 aromatic heterocycles. The monoisotopic (exact) mass is 241 g/mol. The van der Waals surface area contributed by atoms with Gasteiger partial charge in [-0.05, 0) is 6.42 Å². The fourth-order valence-corrected chi connectivity index (χ4v) is 1.93. The lowest BCUT2D eigenvalue weighted by atomic mass is 9.93. The third-order valence-corrected chi connectivity index (χ3v) is 3.05. The first-order valence-electron chi connectivity index (χ1n) is 6.02. The minimum Gasteiger partial charge on any atom is -0.381 e. The maximum absolute atomic E-state index is 5.59. The topological polar surface area (TPSA) is 69.4 Å². The van der Waals surface area contributed by atoms with Crippen LogP contribution in [0.25, 0.3) is 0 Å². The van der Waals surface area contributed by atoms with E-state index in [0.29, 0.717) is 25.1 Å². The van der Waals surface area contributed by atoms with E-state index in [1.807, 2.05) is 0 Å². The summed E-state index contributed by atoms with van der Waals surface area (Å²) >= 11 is 0. The molecule has 0 bridgehead atoms. The Hall–Kier alpha value is -1.14. The van der Waals surface area contributed by atoms with Crippen LogP contribution in [-0.2, 0) is 15.1 Å². The first kappa shape index (κ1) is 12.3. The van der Waals surface area contributed by atoms with Gasteiger partial charge in [-0.25, -0.2) is 0 Å². The van der Waals surface area contributed by atoms with E-state index >= 15 is 0 Å². The zero-order chi connectivity index (χ0) is 12.1. The van der Waals surface area contributed by atoms with Crippen LogP contribution in [-0.4, -0.2) is 37.0 Å². The molecule has 1 aromatic rings. The molecule has 96 valence electrons. The molecule has 1 aliphatic rings. The Balaban J connectivity index is 2.10. The van der Waals surface area contributed by atoms with Crippen LogP contribution in [0, 0.1) is 0 Å². The molecule has 2 rings (SSSR count). The second-order valence-corrected chi connectivity index (χ2v) is 4.16. The maximum Gasteiger partial charge on any atom is 0.321 e. The fraction of sp³-hybridized carbons (Fsp3) is 0.818. The number of hydrogen-bond donors (Lipinski definition) is 1. The van der Waals surface area contributed by atoms with Crippen molar-refractivity contribution >= 4 is 6.01 Å². The third kappa shape index (κ3) is 2.58. The quantitative estimate of drug-likeness (QED) is 0.843. The molecule has 0 atom stereocenters. The molecule has 0 aliphatic carbocycles. The Morgan fingerprint density at radius 2 is 2.18 bits per heavy atom. The Kier molecular flexibility index (Phi) is 3.96. The highest BCUT2D eigenvalue weighted by Gasteiger charge is 2.39. The summed E-state index contributed by atoms with van der Waals surface area (Å²) in [5.41, 5.74) is -0.451. The lowest BCUT2D eigenvalue weighted by molar-refractivity contribution is -0.101. The molecule has 1 aliphatic heterocycles. The molecule has 6 heteroatoms. The lowest BCUT2D eigenvalue weighted by Crippen LogP contribution is -2.36. The van der Waals surface area contributed by atoms with Crippen molar-refractivity contribution in [2.24, 2.45) is 0 Å². The van der Waals surface area contributed by atoms with Gasteiger partial charge < -0.3 is 19.3 Å². The summed E-state index contributed by atoms with van der Waals surface area (Å²) in [7, 11) is 1.68. The fourth-order valence-electron chi connectivity index (χ4n) is 1.93. The SMILES string of the molecule is CCCNc1nc(C2(OC)CCOCC2)no1. The van der Waals surface area contributed by atoms with Gasteiger partial charge in [0.25, 0.3) is 0 Å². The van der Waals surface area contributed by atoms with Crippen molar-refractivity contribution < 1.29 is 14.0 Å². The molecule has 6 nitrogen and oxygen atoms in total. The predicted octanol–water partition coefficient (Wildman–Crippen LogP) is 1.54. The van der Waals surface area contributed by atoms with Gasteiger partial charge in [-0.1, -0.05) is 12.1 Å². The average Bonchev–Trinajstić information content (AvgIpc) is 2.86. The standard InChI is InChI=1S/C11H19N3O3/c1-3-6-12-10-13-9(14-17-10)11(15-2)4-7-16-8-5-11/h3-8H2,1-2H3,(H,12,13,14). The van der Waals surface area contributed by atoms with E-state index < -0.39 is 5.60 Å². The normalized spacial score (nSPS) is 19.2. The Morgan fingerprint density at radius 1 is 1.41 bits per heavy atom. The molecule has 0 spiro atoms. The van der Waals surface area contributed by atoms with Gasteiger partial charge in [-0.3, -0.25) is 0 Å². The summed E-state index contributed by atoms with van der Waals surface area (Å²) in [5.74, 6) is 0.613. The minimum absolute atomic E-state index is 0.451. The summed E-state index contributed by atoms with van der Waals surface area (Å²) in [6.45, 7) is 4.24. The van der Waals surface area contributed by atoms with E-state index in [1.165, 1.54) is 0 Å². The first-order valence-corrected chi connectivity index (χ1v) is 6.02. The largest absolute Gasteiger partial charge is 0.381 e. The van der Waals surface area contributed by atoms with E-state index in [-0.39, 0.29) is 0 Å². The smallest absolute Gasteiger partial charge is 0.321 e. The van der Waals surface area contributed by atoms with Gasteiger partial charge in [0.1, 0.15) is 5.60 Å². The van der Waals surface area contributed by atoms with Crippen molar-refractivity contribution in [3.63, 3.8) is 0 Å². The second-order valence-electron chi connectivity index (χ2n) is 4.16. The molecule has 1 fully saturated rings. The average molecular weight is 241 g/mol. The summed E-state index contributed by atoms with van der Waals surface area (Å²) in [6, 6.07) is 0.463. The molecular weight excluding hydrogens is 222 g/mol. The summed E-state index contributed by atoms with van der Waals surface area (Å²) in [4.78, 5) is 4.35. The van der Waals surface area contributed by atoms with Gasteiger partial charge in [0, 0.05) is 39.7 Å². The zero-order valence-corrected chi connectivity index (χ0v) is 10.4. The number of ether oxygens (including phenoxy) is 2. The molecule has 0 amide bonds. The van der Waals surface area contributed by atoms with Gasteiger partial charge >= 0.3 is 6.01 Å². The summed E-state index contributed by atoms with van der Waals surface area (Å²) in [6.07, 6.45) is 2.54. The number of nitrogens with zero attached hydrogens (tertiary/aromatic N) is 2. The highest BCUT2D eigenvalue weighted by atomic mass is 16.5. The highest BCUT2D eigenvalue weighted by molar-refractivity contribution is 5.20. The number of hydrogen-bond acceptors (Lipinski definition) is 6. The van der Waals surface area contributed by atoms with Crippen LogP contribution in [0.15, 0.2) is 4.52 Å². The number of anilines is 1. The molecule has 0 radical (unpaired) electrons. The van der Waals surface area contributed by atoms with E-state index in [2.05, 4.69) is 22.4 Å². The van der Waals surface area contributed by atoms with Gasteiger partial charge in [-0.2, -0.15) is 4.98 Å². The Labute approximate surface area is 101 Å². The van der Waals surface area contributed by atoms with Crippen LogP contribution in [0.2, 0.25) is 0 Å². The van der Waals surface area contributed by atoms with E-state index in [9.17, 15) is 0 Å². The molecule has 0 aromatic carbocycles. The lowest BCUT2D eigenvalue weighted by Gasteiger charge is -2.32. The first-order chi connectivity index (χ1) is 8.30. The van der Waals surface area contributed by atoms with Gasteiger partial charge in [0.15, 0.2) is 0 Å². The van der Waals surface area contributed by atoms with Gasteiger partial charge in [0.2, 0.25) is 5.82 Å². The van der Waals surface area contributed by atoms with Crippen molar-refractivity contribution in [2.75, 3.05) is 32.2 Å². The predicted molar refractivity (Wildman–Crippen MR) is 61.8 cm³/mol. The van der Waals surface area contributed by atoms with Crippen LogP contribution in [0.4, 0.5) is 6.01 Å². The highest BCUT2D eigenvalue weighted by Crippen LogP contribution is 2.33. The van der Waals surface area contributed by atoms with Crippen LogP contribution in [0.5, 0.6) is 0 Å². The van der Waals surface area contributed by atoms with Crippen molar-refractivity contribution in [1.82, 2.24) is 10.1 Å². The Morgan fingerprint density at radius 3 is 2.82 bits per heavy atom. The molecule has 1 saturated heterocycles. The van der Waals surface area contributed by atoms with E-state index in [0.717, 1.165) is 25.8 Å². The van der Waals surface area contributed by atoms with Crippen LogP contribution >= 0.6 is 0 Å². The summed E-state index contributed by atoms with van der Waals surface area (Å²) in [5, 5.41) is 7.07. The number of nitrogens with one attached hydrogen (secondary N) is 1. The Bertz CT molecular complexity index is 347.